The van der Waals surface area contributed by atoms with Crippen LogP contribution in [0.1, 0.15) is 34.3 Å². The van der Waals surface area contributed by atoms with Crippen molar-refractivity contribution in [2.24, 2.45) is 4.99 Å². The summed E-state index contributed by atoms with van der Waals surface area (Å²) in [4.78, 5) is 20.7. The average Bonchev–Trinajstić information content (AvgIpc) is 2.90. The quantitative estimate of drug-likeness (QED) is 0.425. The number of ether oxygens (including phenoxy) is 1. The van der Waals surface area contributed by atoms with E-state index in [2.05, 4.69) is 16.3 Å². The number of benzene rings is 3. The Hall–Kier alpha value is -4.06. The van der Waals surface area contributed by atoms with Gasteiger partial charge in [-0.2, -0.15) is 0 Å². The Balaban J connectivity index is 1.58. The van der Waals surface area contributed by atoms with Gasteiger partial charge in [-0.25, -0.2) is 4.99 Å². The third-order valence-electron chi connectivity index (χ3n) is 6.81. The average molecular weight is 466 g/mol. The number of aryl methyl sites for hydroxylation is 2. The largest absolute Gasteiger partial charge is 0.494 e. The summed E-state index contributed by atoms with van der Waals surface area (Å²) in [7, 11) is 1.61. The summed E-state index contributed by atoms with van der Waals surface area (Å²) in [6, 6.07) is 21.0. The van der Waals surface area contributed by atoms with Gasteiger partial charge in [0.25, 0.3) is 5.91 Å². The summed E-state index contributed by atoms with van der Waals surface area (Å²) in [6.07, 6.45) is 4.25. The number of carbonyl (C=O) groups is 1. The smallest absolute Gasteiger partial charge is 0.261 e. The molecular weight excluding hydrogens is 438 g/mol. The van der Waals surface area contributed by atoms with Crippen LogP contribution < -0.4 is 20.5 Å². The molecule has 0 unspecified atom stereocenters. The lowest BCUT2D eigenvalue weighted by molar-refractivity contribution is 0.102. The van der Waals surface area contributed by atoms with Crippen molar-refractivity contribution in [3.63, 3.8) is 0 Å². The molecule has 6 nitrogen and oxygen atoms in total. The second-order valence-corrected chi connectivity index (χ2v) is 9.04. The minimum Gasteiger partial charge on any atom is -0.494 e. The van der Waals surface area contributed by atoms with Crippen molar-refractivity contribution in [2.45, 2.75) is 25.7 Å². The number of hydrogen-bond acceptors (Lipinski definition) is 5. The van der Waals surface area contributed by atoms with Gasteiger partial charge in [0.15, 0.2) is 0 Å². The summed E-state index contributed by atoms with van der Waals surface area (Å²) in [5.74, 6) is 0.360. The van der Waals surface area contributed by atoms with Gasteiger partial charge in [0.1, 0.15) is 22.6 Å². The van der Waals surface area contributed by atoms with Gasteiger partial charge >= 0.3 is 0 Å². The van der Waals surface area contributed by atoms with E-state index in [1.54, 1.807) is 7.11 Å². The molecule has 2 aliphatic heterocycles. The molecule has 35 heavy (non-hydrogen) atoms. The Labute approximate surface area is 203 Å². The topological polar surface area (TPSA) is 67.1 Å². The van der Waals surface area contributed by atoms with E-state index < -0.39 is 0 Å². The second kappa shape index (κ2) is 8.95. The molecule has 0 aliphatic carbocycles. The van der Waals surface area contributed by atoms with Crippen molar-refractivity contribution >= 4 is 33.9 Å². The minimum absolute atomic E-state index is 0.261. The van der Waals surface area contributed by atoms with Crippen molar-refractivity contribution < 1.29 is 13.9 Å². The van der Waals surface area contributed by atoms with Gasteiger partial charge in [-0.1, -0.05) is 30.3 Å². The Morgan fingerprint density at radius 3 is 2.60 bits per heavy atom. The van der Waals surface area contributed by atoms with Gasteiger partial charge < -0.3 is 19.4 Å². The molecule has 0 radical (unpaired) electrons. The number of nitrogens with one attached hydrogen (secondary N) is 1. The van der Waals surface area contributed by atoms with E-state index in [0.717, 1.165) is 55.4 Å². The Kier molecular flexibility index (Phi) is 5.49. The summed E-state index contributed by atoms with van der Waals surface area (Å²) < 4.78 is 12.0. The molecule has 1 amide bonds. The van der Waals surface area contributed by atoms with Crippen LogP contribution in [-0.2, 0) is 12.8 Å². The van der Waals surface area contributed by atoms with E-state index in [4.69, 9.17) is 14.1 Å². The van der Waals surface area contributed by atoms with Crippen LogP contribution in [0.15, 0.2) is 76.1 Å². The maximum Gasteiger partial charge on any atom is 0.261 e. The zero-order chi connectivity index (χ0) is 23.8. The van der Waals surface area contributed by atoms with Crippen molar-refractivity contribution in [3.05, 3.63) is 89.0 Å². The van der Waals surface area contributed by atoms with Crippen molar-refractivity contribution in [1.82, 2.24) is 0 Å². The van der Waals surface area contributed by atoms with Gasteiger partial charge in [0, 0.05) is 35.4 Å². The third kappa shape index (κ3) is 3.95. The van der Waals surface area contributed by atoms with E-state index in [0.29, 0.717) is 17.0 Å². The lowest BCUT2D eigenvalue weighted by atomic mass is 9.90. The zero-order valence-corrected chi connectivity index (χ0v) is 19.7. The molecule has 3 heterocycles. The first-order valence-electron chi connectivity index (χ1n) is 12.1. The maximum absolute atomic E-state index is 13.5. The first-order valence-corrected chi connectivity index (χ1v) is 12.1. The van der Waals surface area contributed by atoms with E-state index in [1.807, 2.05) is 60.7 Å². The van der Waals surface area contributed by atoms with Gasteiger partial charge in [-0.05, 0) is 67.6 Å². The standard InChI is InChI=1S/C29H27N3O3/c1-34-25-14-6-5-13-24(25)31-29-23(28(33)30-21-10-3-2-4-11-21)18-20-17-19-9-7-15-32-16-8-12-22(26(19)32)27(20)35-29/h2-6,10-11,13-14,17-18H,7-9,12,15-16H2,1H3,(H,30,33). The molecule has 0 spiro atoms. The second-order valence-electron chi connectivity index (χ2n) is 9.04. The van der Waals surface area contributed by atoms with Crippen LogP contribution in [0.4, 0.5) is 17.1 Å². The number of methoxy groups -OCH3 is 1. The molecule has 0 bridgehead atoms. The molecule has 0 fully saturated rings. The number of hydrogen-bond donors (Lipinski definition) is 1. The fraction of sp³-hybridized carbons (Fsp3) is 0.241. The van der Waals surface area contributed by atoms with Gasteiger partial charge in [0.05, 0.1) is 7.11 Å². The van der Waals surface area contributed by atoms with Crippen LogP contribution in [0.3, 0.4) is 0 Å². The van der Waals surface area contributed by atoms with Gasteiger partial charge in [0.2, 0.25) is 5.55 Å². The monoisotopic (exact) mass is 465 g/mol. The molecular formula is C29H27N3O3. The first-order chi connectivity index (χ1) is 17.2. The van der Waals surface area contributed by atoms with Crippen LogP contribution in [0.25, 0.3) is 11.0 Å². The van der Waals surface area contributed by atoms with Crippen LogP contribution in [0, 0.1) is 0 Å². The number of anilines is 2. The fourth-order valence-electron chi connectivity index (χ4n) is 5.25. The van der Waals surface area contributed by atoms with Crippen molar-refractivity contribution in [3.8, 4) is 5.75 Å². The molecule has 2 aliphatic rings. The summed E-state index contributed by atoms with van der Waals surface area (Å²) in [5, 5.41) is 3.93. The number of nitrogens with zero attached hydrogens (tertiary/aromatic N) is 2. The molecule has 1 N–H and O–H groups in total. The predicted octanol–water partition coefficient (Wildman–Crippen LogP) is 5.62. The highest BCUT2D eigenvalue weighted by atomic mass is 16.5. The van der Waals surface area contributed by atoms with Crippen LogP contribution in [-0.4, -0.2) is 26.1 Å². The fourth-order valence-corrected chi connectivity index (χ4v) is 5.25. The maximum atomic E-state index is 13.5. The van der Waals surface area contributed by atoms with Crippen LogP contribution >= 0.6 is 0 Å². The number of rotatable bonds is 4. The molecule has 6 heteroatoms. The summed E-state index contributed by atoms with van der Waals surface area (Å²) >= 11 is 0. The number of para-hydroxylation sites is 3. The van der Waals surface area contributed by atoms with E-state index >= 15 is 0 Å². The normalized spacial score (nSPS) is 15.1. The lowest BCUT2D eigenvalue weighted by Crippen LogP contribution is -2.34. The van der Waals surface area contributed by atoms with E-state index in [9.17, 15) is 4.79 Å². The van der Waals surface area contributed by atoms with E-state index in [-0.39, 0.29) is 11.5 Å². The van der Waals surface area contributed by atoms with Gasteiger partial charge in [-0.15, -0.1) is 0 Å². The highest BCUT2D eigenvalue weighted by molar-refractivity contribution is 6.06. The SMILES string of the molecule is COc1ccccc1N=c1oc2c3c4c(cc2cc1C(=O)Nc1ccccc1)CCCN4CCC3. The molecule has 1 aromatic heterocycles. The van der Waals surface area contributed by atoms with Crippen LogP contribution in [0.2, 0.25) is 0 Å². The van der Waals surface area contributed by atoms with Gasteiger partial charge in [-0.3, -0.25) is 4.79 Å². The van der Waals surface area contributed by atoms with Crippen LogP contribution in [0.5, 0.6) is 5.75 Å². The summed E-state index contributed by atoms with van der Waals surface area (Å²) in [6.45, 7) is 2.17. The molecule has 4 aromatic rings. The van der Waals surface area contributed by atoms with Crippen molar-refractivity contribution in [2.75, 3.05) is 30.4 Å². The Morgan fingerprint density at radius 2 is 1.77 bits per heavy atom. The number of amides is 1. The predicted molar refractivity (Wildman–Crippen MR) is 138 cm³/mol. The Bertz CT molecular complexity index is 1490. The molecule has 6 rings (SSSR count). The first kappa shape index (κ1) is 21.5. The zero-order valence-electron chi connectivity index (χ0n) is 19.7. The Morgan fingerprint density at radius 1 is 1.00 bits per heavy atom. The lowest BCUT2D eigenvalue weighted by Gasteiger charge is -2.37. The molecule has 0 saturated heterocycles. The highest BCUT2D eigenvalue weighted by Crippen LogP contribution is 2.40. The number of fused-ring (bicyclic) bond motifs is 2. The molecule has 0 saturated carbocycles. The van der Waals surface area contributed by atoms with E-state index in [1.165, 1.54) is 16.8 Å². The van der Waals surface area contributed by atoms with Crippen molar-refractivity contribution in [1.29, 1.82) is 0 Å². The molecule has 176 valence electrons. The summed E-state index contributed by atoms with van der Waals surface area (Å²) in [5.41, 5.74) is 6.72. The third-order valence-corrected chi connectivity index (χ3v) is 6.81. The highest BCUT2D eigenvalue weighted by Gasteiger charge is 2.27. The molecule has 3 aromatic carbocycles. The molecule has 0 atom stereocenters. The number of carbonyl (C=O) groups excluding carboxylic acids is 1. The minimum atomic E-state index is -0.261.